The molecular weight excluding hydrogens is 489 g/mol. The molecule has 3 aromatic carbocycles. The molecule has 0 aliphatic carbocycles. The molecule has 0 bridgehead atoms. The number of thioether (sulfide) groups is 1. The van der Waals surface area contributed by atoms with Gasteiger partial charge < -0.3 is 15.1 Å². The first-order valence-electron chi connectivity index (χ1n) is 11.0. The summed E-state index contributed by atoms with van der Waals surface area (Å²) in [6, 6.07) is 22.9. The van der Waals surface area contributed by atoms with Gasteiger partial charge in [-0.15, -0.1) is 11.8 Å². The van der Waals surface area contributed by atoms with Gasteiger partial charge >= 0.3 is 0 Å². The third kappa shape index (κ3) is 6.26. The first-order valence-corrected chi connectivity index (χ1v) is 12.9. The van der Waals surface area contributed by atoms with E-state index in [1.807, 2.05) is 41.3 Å². The molecule has 1 aliphatic heterocycles. The fraction of sp³-hybridized carbons (Fsp3) is 0.231. The molecule has 1 heterocycles. The third-order valence-electron chi connectivity index (χ3n) is 5.61. The van der Waals surface area contributed by atoms with E-state index in [9.17, 15) is 9.59 Å². The topological polar surface area (TPSA) is 52.7 Å². The molecule has 8 heteroatoms. The van der Waals surface area contributed by atoms with E-state index in [0.717, 1.165) is 18.7 Å². The standard InChI is InChI=1S/C26H25Cl2N3O2S/c27-22-11-10-19(16-23(22)28)17-34-18-25(32)29-24-9-5-4-8-21(24)26(33)31-14-12-30(13-15-31)20-6-2-1-3-7-20/h1-11,16H,12-15,17-18H2,(H,29,32). The molecular formula is C26H25Cl2N3O2S. The van der Waals surface area contributed by atoms with Crippen molar-refractivity contribution in [3.63, 3.8) is 0 Å². The van der Waals surface area contributed by atoms with Crippen LogP contribution in [0, 0.1) is 0 Å². The number of benzene rings is 3. The van der Waals surface area contributed by atoms with Crippen molar-refractivity contribution < 1.29 is 9.59 Å². The number of hydrogen-bond donors (Lipinski definition) is 1. The van der Waals surface area contributed by atoms with Gasteiger partial charge in [-0.25, -0.2) is 0 Å². The molecule has 3 aromatic rings. The summed E-state index contributed by atoms with van der Waals surface area (Å²) in [5.41, 5.74) is 3.22. The Balaban J connectivity index is 1.31. The second-order valence-electron chi connectivity index (χ2n) is 7.95. The molecule has 5 nitrogen and oxygen atoms in total. The quantitative estimate of drug-likeness (QED) is 0.431. The van der Waals surface area contributed by atoms with E-state index in [1.54, 1.807) is 24.3 Å². The summed E-state index contributed by atoms with van der Waals surface area (Å²) < 4.78 is 0. The average Bonchev–Trinajstić information content (AvgIpc) is 2.87. The van der Waals surface area contributed by atoms with E-state index < -0.39 is 0 Å². The van der Waals surface area contributed by atoms with Gasteiger partial charge in [-0.1, -0.05) is 59.6 Å². The molecule has 0 spiro atoms. The van der Waals surface area contributed by atoms with Crippen LogP contribution in [-0.2, 0) is 10.5 Å². The number of carbonyl (C=O) groups excluding carboxylic acids is 2. The van der Waals surface area contributed by atoms with Gasteiger partial charge in [0.15, 0.2) is 0 Å². The van der Waals surface area contributed by atoms with Gasteiger partial charge in [0.2, 0.25) is 5.91 Å². The van der Waals surface area contributed by atoms with Crippen LogP contribution in [0.5, 0.6) is 0 Å². The van der Waals surface area contributed by atoms with Crippen LogP contribution in [0.15, 0.2) is 72.8 Å². The molecule has 2 amide bonds. The lowest BCUT2D eigenvalue weighted by atomic mass is 10.1. The largest absolute Gasteiger partial charge is 0.368 e. The van der Waals surface area contributed by atoms with Gasteiger partial charge in [-0.2, -0.15) is 0 Å². The predicted molar refractivity (Wildman–Crippen MR) is 142 cm³/mol. The molecule has 0 aromatic heterocycles. The van der Waals surface area contributed by atoms with Crippen molar-refractivity contribution in [2.75, 3.05) is 42.1 Å². The minimum Gasteiger partial charge on any atom is -0.368 e. The first kappa shape index (κ1) is 24.5. The lowest BCUT2D eigenvalue weighted by molar-refractivity contribution is -0.113. The first-order chi connectivity index (χ1) is 16.5. The Morgan fingerprint density at radius 2 is 1.56 bits per heavy atom. The summed E-state index contributed by atoms with van der Waals surface area (Å²) in [5.74, 6) is 0.682. The second-order valence-corrected chi connectivity index (χ2v) is 9.75. The van der Waals surface area contributed by atoms with E-state index in [2.05, 4.69) is 22.3 Å². The Morgan fingerprint density at radius 3 is 2.29 bits per heavy atom. The van der Waals surface area contributed by atoms with E-state index in [-0.39, 0.29) is 17.6 Å². The number of amides is 2. The van der Waals surface area contributed by atoms with E-state index in [4.69, 9.17) is 23.2 Å². The Kier molecular flexibility index (Phi) is 8.38. The summed E-state index contributed by atoms with van der Waals surface area (Å²) in [6.07, 6.45) is 0. The van der Waals surface area contributed by atoms with Crippen molar-refractivity contribution in [1.82, 2.24) is 4.90 Å². The van der Waals surface area contributed by atoms with Gasteiger partial charge in [0.1, 0.15) is 0 Å². The number of nitrogens with zero attached hydrogens (tertiary/aromatic N) is 2. The molecule has 176 valence electrons. The van der Waals surface area contributed by atoms with E-state index >= 15 is 0 Å². The SMILES string of the molecule is O=C(CSCc1ccc(Cl)c(Cl)c1)Nc1ccccc1C(=O)N1CCN(c2ccccc2)CC1. The fourth-order valence-corrected chi connectivity index (χ4v) is 4.93. The van der Waals surface area contributed by atoms with Crippen LogP contribution < -0.4 is 10.2 Å². The molecule has 1 fully saturated rings. The second kappa shape index (κ2) is 11.6. The normalized spacial score (nSPS) is 13.6. The van der Waals surface area contributed by atoms with E-state index in [0.29, 0.717) is 40.1 Å². The number of para-hydroxylation sites is 2. The number of rotatable bonds is 7. The fourth-order valence-electron chi connectivity index (χ4n) is 3.83. The Hall–Kier alpha value is -2.67. The monoisotopic (exact) mass is 513 g/mol. The van der Waals surface area contributed by atoms with Gasteiger partial charge in [0, 0.05) is 37.6 Å². The van der Waals surface area contributed by atoms with Crippen LogP contribution in [0.25, 0.3) is 0 Å². The van der Waals surface area contributed by atoms with Crippen LogP contribution in [0.2, 0.25) is 10.0 Å². The van der Waals surface area contributed by atoms with Gasteiger partial charge in [-0.05, 0) is 42.0 Å². The molecule has 1 saturated heterocycles. The lowest BCUT2D eigenvalue weighted by Gasteiger charge is -2.36. The highest BCUT2D eigenvalue weighted by molar-refractivity contribution is 7.99. The number of halogens is 2. The van der Waals surface area contributed by atoms with Crippen LogP contribution in [-0.4, -0.2) is 48.6 Å². The van der Waals surface area contributed by atoms with Crippen LogP contribution >= 0.6 is 35.0 Å². The van der Waals surface area contributed by atoms with E-state index in [1.165, 1.54) is 17.4 Å². The third-order valence-corrected chi connectivity index (χ3v) is 7.35. The Morgan fingerprint density at radius 1 is 0.853 bits per heavy atom. The van der Waals surface area contributed by atoms with Crippen molar-refractivity contribution in [3.8, 4) is 0 Å². The van der Waals surface area contributed by atoms with Crippen LogP contribution in [0.4, 0.5) is 11.4 Å². The molecule has 1 aliphatic rings. The highest BCUT2D eigenvalue weighted by atomic mass is 35.5. The highest BCUT2D eigenvalue weighted by Gasteiger charge is 2.24. The number of nitrogens with one attached hydrogen (secondary N) is 1. The van der Waals surface area contributed by atoms with Crippen LogP contribution in [0.3, 0.4) is 0 Å². The maximum Gasteiger partial charge on any atom is 0.256 e. The molecule has 0 saturated carbocycles. The molecule has 34 heavy (non-hydrogen) atoms. The minimum atomic E-state index is -0.154. The summed E-state index contributed by atoms with van der Waals surface area (Å²) in [6.45, 7) is 2.82. The molecule has 0 unspecified atom stereocenters. The lowest BCUT2D eigenvalue weighted by Crippen LogP contribution is -2.49. The number of hydrogen-bond acceptors (Lipinski definition) is 4. The molecule has 4 rings (SSSR count). The van der Waals surface area contributed by atoms with Crippen molar-refractivity contribution in [2.45, 2.75) is 5.75 Å². The van der Waals surface area contributed by atoms with Crippen molar-refractivity contribution >= 4 is 58.2 Å². The number of piperazine rings is 1. The van der Waals surface area contributed by atoms with Gasteiger partial charge in [-0.3, -0.25) is 9.59 Å². The zero-order chi connectivity index (χ0) is 23.9. The maximum absolute atomic E-state index is 13.2. The predicted octanol–water partition coefficient (Wildman–Crippen LogP) is 5.83. The summed E-state index contributed by atoms with van der Waals surface area (Å²) in [5, 5.41) is 3.92. The average molecular weight is 514 g/mol. The molecule has 0 atom stereocenters. The van der Waals surface area contributed by atoms with Gasteiger partial charge in [0.05, 0.1) is 27.0 Å². The minimum absolute atomic E-state index is 0.0629. The zero-order valence-electron chi connectivity index (χ0n) is 18.5. The van der Waals surface area contributed by atoms with Crippen molar-refractivity contribution in [3.05, 3.63) is 94.0 Å². The summed E-state index contributed by atoms with van der Waals surface area (Å²) >= 11 is 13.5. The maximum atomic E-state index is 13.2. The van der Waals surface area contributed by atoms with Crippen molar-refractivity contribution in [1.29, 1.82) is 0 Å². The zero-order valence-corrected chi connectivity index (χ0v) is 20.9. The van der Waals surface area contributed by atoms with Crippen LogP contribution in [0.1, 0.15) is 15.9 Å². The van der Waals surface area contributed by atoms with Crippen molar-refractivity contribution in [2.24, 2.45) is 0 Å². The number of carbonyl (C=O) groups is 2. The molecule has 0 radical (unpaired) electrons. The summed E-state index contributed by atoms with van der Waals surface area (Å²) in [7, 11) is 0. The number of anilines is 2. The Bertz CT molecular complexity index is 1150. The smallest absolute Gasteiger partial charge is 0.256 e. The molecule has 1 N–H and O–H groups in total. The summed E-state index contributed by atoms with van der Waals surface area (Å²) in [4.78, 5) is 29.9. The van der Waals surface area contributed by atoms with Gasteiger partial charge in [0.25, 0.3) is 5.91 Å². The Labute approximate surface area is 214 Å². The highest BCUT2D eigenvalue weighted by Crippen LogP contribution is 2.25.